The van der Waals surface area contributed by atoms with Crippen molar-refractivity contribution in [3.63, 3.8) is 0 Å². The van der Waals surface area contributed by atoms with Crippen LogP contribution >= 0.6 is 0 Å². The highest BCUT2D eigenvalue weighted by Crippen LogP contribution is 2.23. The summed E-state index contributed by atoms with van der Waals surface area (Å²) in [7, 11) is 1.56. The van der Waals surface area contributed by atoms with Crippen molar-refractivity contribution in [2.75, 3.05) is 20.2 Å². The van der Waals surface area contributed by atoms with Gasteiger partial charge in [-0.15, -0.1) is 0 Å². The number of piperidine rings is 1. The molecule has 1 aromatic carbocycles. The Morgan fingerprint density at radius 2 is 2.28 bits per heavy atom. The third kappa shape index (κ3) is 2.64. The van der Waals surface area contributed by atoms with E-state index in [2.05, 4.69) is 0 Å². The topological polar surface area (TPSA) is 49.8 Å². The number of hydrogen-bond donors (Lipinski definition) is 1. The Kier molecular flexibility index (Phi) is 3.87. The van der Waals surface area contributed by atoms with Crippen LogP contribution in [0.3, 0.4) is 0 Å². The number of amides is 1. The highest BCUT2D eigenvalue weighted by molar-refractivity contribution is 5.97. The summed E-state index contributed by atoms with van der Waals surface area (Å²) < 4.78 is 5.23. The number of methoxy groups -OCH3 is 1. The lowest BCUT2D eigenvalue weighted by molar-refractivity contribution is 0.0471. The molecule has 1 unspecified atom stereocenters. The summed E-state index contributed by atoms with van der Waals surface area (Å²) in [4.78, 5) is 14.1. The number of ether oxygens (including phenoxy) is 1. The highest BCUT2D eigenvalue weighted by Gasteiger charge is 2.25. The minimum atomic E-state index is -0.404. The van der Waals surface area contributed by atoms with Gasteiger partial charge in [0.1, 0.15) is 5.75 Å². The number of rotatable bonds is 2. The van der Waals surface area contributed by atoms with Crippen LogP contribution in [0.5, 0.6) is 5.75 Å². The second-order valence-corrected chi connectivity index (χ2v) is 4.75. The monoisotopic (exact) mass is 249 g/mol. The Balaban J connectivity index is 2.24. The van der Waals surface area contributed by atoms with E-state index in [0.717, 1.165) is 18.4 Å². The minimum Gasteiger partial charge on any atom is -0.496 e. The summed E-state index contributed by atoms with van der Waals surface area (Å²) in [6.45, 7) is 3.06. The number of carbonyl (C=O) groups excluding carboxylic acids is 1. The summed E-state index contributed by atoms with van der Waals surface area (Å²) in [5.41, 5.74) is 1.60. The molecule has 1 atom stereocenters. The Bertz CT molecular complexity index is 445. The predicted octanol–water partition coefficient (Wildman–Crippen LogP) is 1.60. The van der Waals surface area contributed by atoms with E-state index in [9.17, 15) is 9.90 Å². The number of carbonyl (C=O) groups is 1. The fraction of sp³-hybridized carbons (Fsp3) is 0.500. The lowest BCUT2D eigenvalue weighted by Gasteiger charge is -2.30. The van der Waals surface area contributed by atoms with Gasteiger partial charge in [0.25, 0.3) is 5.91 Å². The van der Waals surface area contributed by atoms with Crippen LogP contribution in [-0.4, -0.2) is 42.2 Å². The van der Waals surface area contributed by atoms with Crippen molar-refractivity contribution in [2.24, 2.45) is 0 Å². The molecule has 1 fully saturated rings. The number of nitrogens with zero attached hydrogens (tertiary/aromatic N) is 1. The zero-order chi connectivity index (χ0) is 13.1. The molecule has 4 heteroatoms. The van der Waals surface area contributed by atoms with Gasteiger partial charge in [0.2, 0.25) is 0 Å². The number of β-amino-alcohol motifs (C(OH)–C–C–N with tert-alkyl or cyclic N) is 1. The number of hydrogen-bond acceptors (Lipinski definition) is 3. The van der Waals surface area contributed by atoms with Crippen molar-refractivity contribution in [1.82, 2.24) is 4.90 Å². The first-order chi connectivity index (χ1) is 8.61. The molecule has 0 bridgehead atoms. The summed E-state index contributed by atoms with van der Waals surface area (Å²) in [6, 6.07) is 5.56. The van der Waals surface area contributed by atoms with Crippen LogP contribution < -0.4 is 4.74 Å². The third-order valence-electron chi connectivity index (χ3n) is 3.27. The van der Waals surface area contributed by atoms with Crippen LogP contribution in [0.1, 0.15) is 28.8 Å². The molecule has 1 saturated heterocycles. The van der Waals surface area contributed by atoms with Gasteiger partial charge in [0.05, 0.1) is 18.8 Å². The van der Waals surface area contributed by atoms with Crippen LogP contribution in [-0.2, 0) is 0 Å². The van der Waals surface area contributed by atoms with E-state index in [0.29, 0.717) is 24.4 Å². The molecule has 0 aliphatic carbocycles. The average Bonchev–Trinajstić information content (AvgIpc) is 2.38. The molecular weight excluding hydrogens is 230 g/mol. The molecular formula is C14H19NO3. The molecule has 98 valence electrons. The van der Waals surface area contributed by atoms with Gasteiger partial charge in [0.15, 0.2) is 0 Å². The van der Waals surface area contributed by atoms with E-state index in [-0.39, 0.29) is 5.91 Å². The van der Waals surface area contributed by atoms with Gasteiger partial charge in [-0.1, -0.05) is 11.6 Å². The smallest absolute Gasteiger partial charge is 0.257 e. The van der Waals surface area contributed by atoms with E-state index in [4.69, 9.17) is 4.74 Å². The molecule has 1 N–H and O–H groups in total. The molecule has 1 amide bonds. The molecule has 1 aliphatic heterocycles. The Hall–Kier alpha value is -1.55. The zero-order valence-electron chi connectivity index (χ0n) is 10.8. The highest BCUT2D eigenvalue weighted by atomic mass is 16.5. The van der Waals surface area contributed by atoms with Crippen LogP contribution in [0.2, 0.25) is 0 Å². The van der Waals surface area contributed by atoms with Crippen molar-refractivity contribution >= 4 is 5.91 Å². The van der Waals surface area contributed by atoms with Gasteiger partial charge in [-0.05, 0) is 31.9 Å². The van der Waals surface area contributed by atoms with Crippen molar-refractivity contribution in [1.29, 1.82) is 0 Å². The lowest BCUT2D eigenvalue weighted by Crippen LogP contribution is -2.42. The maximum atomic E-state index is 12.4. The van der Waals surface area contributed by atoms with Gasteiger partial charge in [0, 0.05) is 13.1 Å². The first-order valence-electron chi connectivity index (χ1n) is 6.24. The largest absolute Gasteiger partial charge is 0.496 e. The number of likely N-dealkylation sites (tertiary alicyclic amines) is 1. The fourth-order valence-corrected chi connectivity index (χ4v) is 2.30. The molecule has 4 nitrogen and oxygen atoms in total. The second kappa shape index (κ2) is 5.40. The zero-order valence-corrected chi connectivity index (χ0v) is 10.8. The summed E-state index contributed by atoms with van der Waals surface area (Å²) in [6.07, 6.45) is 1.22. The molecule has 1 heterocycles. The molecule has 18 heavy (non-hydrogen) atoms. The number of aliphatic hydroxyl groups is 1. The predicted molar refractivity (Wildman–Crippen MR) is 68.9 cm³/mol. The van der Waals surface area contributed by atoms with E-state index >= 15 is 0 Å². The van der Waals surface area contributed by atoms with Crippen molar-refractivity contribution in [3.8, 4) is 5.75 Å². The molecule has 0 spiro atoms. The van der Waals surface area contributed by atoms with Crippen molar-refractivity contribution in [2.45, 2.75) is 25.9 Å². The first kappa shape index (κ1) is 12.9. The molecule has 0 aromatic heterocycles. The van der Waals surface area contributed by atoms with Gasteiger partial charge < -0.3 is 14.7 Å². The van der Waals surface area contributed by atoms with Crippen molar-refractivity contribution < 1.29 is 14.6 Å². The Morgan fingerprint density at radius 1 is 1.50 bits per heavy atom. The number of aliphatic hydroxyl groups excluding tert-OH is 1. The van der Waals surface area contributed by atoms with E-state index < -0.39 is 6.10 Å². The standard InChI is InChI=1S/C14H19NO3/c1-10-5-6-13(18-2)12(8-10)14(17)15-7-3-4-11(16)9-15/h5-6,8,11,16H,3-4,7,9H2,1-2H3. The quantitative estimate of drug-likeness (QED) is 0.866. The maximum absolute atomic E-state index is 12.4. The number of benzene rings is 1. The Morgan fingerprint density at radius 3 is 2.94 bits per heavy atom. The van der Waals surface area contributed by atoms with Crippen LogP contribution in [0.25, 0.3) is 0 Å². The lowest BCUT2D eigenvalue weighted by atomic mass is 10.1. The van der Waals surface area contributed by atoms with Gasteiger partial charge in [-0.25, -0.2) is 0 Å². The van der Waals surface area contributed by atoms with Crippen LogP contribution in [0.4, 0.5) is 0 Å². The molecule has 0 saturated carbocycles. The molecule has 0 radical (unpaired) electrons. The molecule has 1 aliphatic rings. The van der Waals surface area contributed by atoms with Gasteiger partial charge in [-0.2, -0.15) is 0 Å². The third-order valence-corrected chi connectivity index (χ3v) is 3.27. The molecule has 1 aromatic rings. The average molecular weight is 249 g/mol. The maximum Gasteiger partial charge on any atom is 0.257 e. The summed E-state index contributed by atoms with van der Waals surface area (Å²) in [5, 5.41) is 9.63. The first-order valence-corrected chi connectivity index (χ1v) is 6.24. The summed E-state index contributed by atoms with van der Waals surface area (Å²) in [5.74, 6) is 0.528. The van der Waals surface area contributed by atoms with Crippen LogP contribution in [0, 0.1) is 6.92 Å². The van der Waals surface area contributed by atoms with Crippen molar-refractivity contribution in [3.05, 3.63) is 29.3 Å². The van der Waals surface area contributed by atoms with Gasteiger partial charge in [-0.3, -0.25) is 4.79 Å². The van der Waals surface area contributed by atoms with Gasteiger partial charge >= 0.3 is 0 Å². The minimum absolute atomic E-state index is 0.0608. The Labute approximate surface area is 107 Å². The number of aryl methyl sites for hydroxylation is 1. The SMILES string of the molecule is COc1ccc(C)cc1C(=O)N1CCCC(O)C1. The van der Waals surface area contributed by atoms with Crippen LogP contribution in [0.15, 0.2) is 18.2 Å². The fourth-order valence-electron chi connectivity index (χ4n) is 2.30. The molecule has 2 rings (SSSR count). The normalized spacial score (nSPS) is 19.7. The summed E-state index contributed by atoms with van der Waals surface area (Å²) >= 11 is 0. The van der Waals surface area contributed by atoms with E-state index in [1.807, 2.05) is 25.1 Å². The van der Waals surface area contributed by atoms with E-state index in [1.54, 1.807) is 12.0 Å². The van der Waals surface area contributed by atoms with E-state index in [1.165, 1.54) is 0 Å². The second-order valence-electron chi connectivity index (χ2n) is 4.75.